The number of unbranched alkanes of at least 4 members (excludes halogenated alkanes) is 1. The topological polar surface area (TPSA) is 54.7 Å². The summed E-state index contributed by atoms with van der Waals surface area (Å²) in [6.45, 7) is 5.11. The van der Waals surface area contributed by atoms with E-state index in [0.717, 1.165) is 25.8 Å². The van der Waals surface area contributed by atoms with Crippen molar-refractivity contribution >= 4 is 10.9 Å². The van der Waals surface area contributed by atoms with Crippen LogP contribution >= 0.6 is 0 Å². The van der Waals surface area contributed by atoms with Gasteiger partial charge in [0.1, 0.15) is 0 Å². The van der Waals surface area contributed by atoms with Crippen LogP contribution in [0.15, 0.2) is 36.7 Å². The van der Waals surface area contributed by atoms with Gasteiger partial charge in [0.2, 0.25) is 0 Å². The fourth-order valence-corrected chi connectivity index (χ4v) is 3.15. The highest BCUT2D eigenvalue weighted by Crippen LogP contribution is 2.34. The Morgan fingerprint density at radius 2 is 1.73 bits per heavy atom. The Balaban J connectivity index is 2.19. The molecule has 0 radical (unpaired) electrons. The fourth-order valence-electron chi connectivity index (χ4n) is 3.15. The lowest BCUT2D eigenvalue weighted by atomic mass is 9.97. The van der Waals surface area contributed by atoms with Crippen molar-refractivity contribution in [3.8, 4) is 11.3 Å². The Labute approximate surface area is 131 Å². The summed E-state index contributed by atoms with van der Waals surface area (Å²) in [6.07, 6.45) is 6.94. The van der Waals surface area contributed by atoms with E-state index in [-0.39, 0.29) is 0 Å². The van der Waals surface area contributed by atoms with Crippen molar-refractivity contribution in [3.63, 3.8) is 0 Å². The van der Waals surface area contributed by atoms with E-state index in [2.05, 4.69) is 48.1 Å². The molecule has 2 aromatic heterocycles. The van der Waals surface area contributed by atoms with E-state index in [1.807, 2.05) is 12.4 Å². The molecule has 0 bridgehead atoms. The summed E-state index contributed by atoms with van der Waals surface area (Å²) in [5, 5.41) is 1.38. The van der Waals surface area contributed by atoms with Gasteiger partial charge >= 0.3 is 0 Å². The van der Waals surface area contributed by atoms with Gasteiger partial charge in [0, 0.05) is 34.6 Å². The number of nitrogens with one attached hydrogen (secondary N) is 1. The monoisotopic (exact) mass is 293 g/mol. The summed E-state index contributed by atoms with van der Waals surface area (Å²) in [6, 6.07) is 8.55. The Morgan fingerprint density at radius 1 is 1.00 bits per heavy atom. The van der Waals surface area contributed by atoms with Crippen LogP contribution in [0.25, 0.3) is 22.2 Å². The number of hydrogen-bond acceptors (Lipinski definition) is 2. The lowest BCUT2D eigenvalue weighted by molar-refractivity contribution is 0.748. The summed E-state index contributed by atoms with van der Waals surface area (Å²) in [4.78, 5) is 7.79. The molecular formula is C19H23N3. The van der Waals surface area contributed by atoms with Crippen LogP contribution in [0.2, 0.25) is 0 Å². The molecule has 0 fully saturated rings. The minimum absolute atomic E-state index is 0.755. The van der Waals surface area contributed by atoms with E-state index in [1.165, 1.54) is 38.9 Å². The van der Waals surface area contributed by atoms with Gasteiger partial charge in [-0.05, 0) is 68.5 Å². The molecule has 3 heteroatoms. The number of aryl methyl sites for hydroxylation is 3. The zero-order chi connectivity index (χ0) is 15.5. The molecule has 3 rings (SSSR count). The molecule has 22 heavy (non-hydrogen) atoms. The van der Waals surface area contributed by atoms with E-state index < -0.39 is 0 Å². The molecule has 0 aliphatic heterocycles. The van der Waals surface area contributed by atoms with Gasteiger partial charge in [-0.25, -0.2) is 0 Å². The quantitative estimate of drug-likeness (QED) is 0.695. The molecule has 0 aliphatic carbocycles. The first-order valence-electron chi connectivity index (χ1n) is 7.93. The van der Waals surface area contributed by atoms with Crippen LogP contribution < -0.4 is 5.73 Å². The Kier molecular flexibility index (Phi) is 4.25. The zero-order valence-corrected chi connectivity index (χ0v) is 13.3. The number of nitrogens with two attached hydrogens (primary N) is 1. The van der Waals surface area contributed by atoms with Crippen molar-refractivity contribution in [2.45, 2.75) is 33.1 Å². The molecule has 2 heterocycles. The number of nitrogens with zero attached hydrogens (tertiary/aromatic N) is 1. The number of aromatic nitrogens is 2. The summed E-state index contributed by atoms with van der Waals surface area (Å²) in [5.74, 6) is 0. The lowest BCUT2D eigenvalue weighted by Gasteiger charge is -2.06. The van der Waals surface area contributed by atoms with E-state index in [1.54, 1.807) is 0 Å². The molecule has 0 spiro atoms. The number of hydrogen-bond donors (Lipinski definition) is 2. The van der Waals surface area contributed by atoms with Crippen molar-refractivity contribution in [3.05, 3.63) is 53.3 Å². The van der Waals surface area contributed by atoms with E-state index in [0.29, 0.717) is 0 Å². The smallest absolute Gasteiger partial charge is 0.0498 e. The number of fused-ring (bicyclic) bond motifs is 1. The van der Waals surface area contributed by atoms with Crippen molar-refractivity contribution in [1.29, 1.82) is 0 Å². The minimum Gasteiger partial charge on any atom is -0.354 e. The first-order valence-corrected chi connectivity index (χ1v) is 7.93. The summed E-state index contributed by atoms with van der Waals surface area (Å²) in [7, 11) is 0. The van der Waals surface area contributed by atoms with Crippen LogP contribution in [-0.2, 0) is 6.42 Å². The van der Waals surface area contributed by atoms with Crippen LogP contribution in [0.1, 0.15) is 29.5 Å². The number of aromatic amines is 1. The highest BCUT2D eigenvalue weighted by Gasteiger charge is 2.15. The summed E-state index contributed by atoms with van der Waals surface area (Å²) < 4.78 is 0. The summed E-state index contributed by atoms with van der Waals surface area (Å²) in [5.41, 5.74) is 13.4. The average molecular weight is 293 g/mol. The van der Waals surface area contributed by atoms with Crippen molar-refractivity contribution in [2.24, 2.45) is 5.73 Å². The predicted molar refractivity (Wildman–Crippen MR) is 93.0 cm³/mol. The predicted octanol–water partition coefficient (Wildman–Crippen LogP) is 4.13. The second-order valence-electron chi connectivity index (χ2n) is 5.91. The average Bonchev–Trinajstić information content (AvgIpc) is 2.93. The molecule has 114 valence electrons. The van der Waals surface area contributed by atoms with Gasteiger partial charge in [0.15, 0.2) is 0 Å². The first-order chi connectivity index (χ1) is 10.7. The third kappa shape index (κ3) is 2.64. The second kappa shape index (κ2) is 6.32. The van der Waals surface area contributed by atoms with Crippen LogP contribution in [0.4, 0.5) is 0 Å². The van der Waals surface area contributed by atoms with E-state index >= 15 is 0 Å². The normalized spacial score (nSPS) is 11.2. The van der Waals surface area contributed by atoms with Crippen molar-refractivity contribution < 1.29 is 0 Å². The van der Waals surface area contributed by atoms with Gasteiger partial charge in [0.25, 0.3) is 0 Å². The van der Waals surface area contributed by atoms with Crippen LogP contribution in [-0.4, -0.2) is 16.5 Å². The summed E-state index contributed by atoms with van der Waals surface area (Å²) >= 11 is 0. The minimum atomic E-state index is 0.755. The molecule has 3 nitrogen and oxygen atoms in total. The van der Waals surface area contributed by atoms with Gasteiger partial charge in [-0.2, -0.15) is 0 Å². The highest BCUT2D eigenvalue weighted by molar-refractivity contribution is 5.95. The third-order valence-corrected chi connectivity index (χ3v) is 4.33. The SMILES string of the molecule is Cc1ccc(C)c2c(CCCCN)c(-c3ccncc3)[nH]c12. The molecule has 1 aromatic carbocycles. The Hall–Kier alpha value is -2.13. The molecule has 3 aromatic rings. The Bertz CT molecular complexity index is 772. The van der Waals surface area contributed by atoms with Gasteiger partial charge in [-0.1, -0.05) is 12.1 Å². The van der Waals surface area contributed by atoms with E-state index in [4.69, 9.17) is 5.73 Å². The maximum Gasteiger partial charge on any atom is 0.0498 e. The highest BCUT2D eigenvalue weighted by atomic mass is 14.7. The second-order valence-corrected chi connectivity index (χ2v) is 5.91. The van der Waals surface area contributed by atoms with Crippen LogP contribution in [0.5, 0.6) is 0 Å². The van der Waals surface area contributed by atoms with E-state index in [9.17, 15) is 0 Å². The molecule has 0 aliphatic rings. The maximum absolute atomic E-state index is 5.67. The van der Waals surface area contributed by atoms with Gasteiger partial charge in [-0.15, -0.1) is 0 Å². The van der Waals surface area contributed by atoms with Gasteiger partial charge in [0.05, 0.1) is 0 Å². The first kappa shape index (κ1) is 14.8. The van der Waals surface area contributed by atoms with Crippen LogP contribution in [0.3, 0.4) is 0 Å². The standard InChI is InChI=1S/C19H23N3/c1-13-6-7-14(2)18-17(13)16(5-3-4-10-20)19(22-18)15-8-11-21-12-9-15/h6-9,11-12,22H,3-5,10,20H2,1-2H3. The Morgan fingerprint density at radius 3 is 2.45 bits per heavy atom. The number of benzene rings is 1. The van der Waals surface area contributed by atoms with Gasteiger partial charge < -0.3 is 10.7 Å². The lowest BCUT2D eigenvalue weighted by Crippen LogP contribution is -1.99. The number of H-pyrrole nitrogens is 1. The molecule has 0 amide bonds. The van der Waals surface area contributed by atoms with Crippen LogP contribution in [0, 0.1) is 13.8 Å². The molecule has 0 saturated heterocycles. The van der Waals surface area contributed by atoms with Crippen molar-refractivity contribution in [2.75, 3.05) is 6.54 Å². The van der Waals surface area contributed by atoms with Crippen molar-refractivity contribution in [1.82, 2.24) is 9.97 Å². The molecule has 3 N–H and O–H groups in total. The largest absolute Gasteiger partial charge is 0.354 e. The van der Waals surface area contributed by atoms with Gasteiger partial charge in [-0.3, -0.25) is 4.98 Å². The number of pyridine rings is 1. The maximum atomic E-state index is 5.67. The molecule has 0 saturated carbocycles. The number of rotatable bonds is 5. The molecule has 0 unspecified atom stereocenters. The fraction of sp³-hybridized carbons (Fsp3) is 0.316. The molecular weight excluding hydrogens is 270 g/mol. The zero-order valence-electron chi connectivity index (χ0n) is 13.3. The molecule has 0 atom stereocenters. The third-order valence-electron chi connectivity index (χ3n) is 4.33.